The Labute approximate surface area is 172 Å². The largest absolute Gasteiger partial charge is 0.454 e. The second-order valence-electron chi connectivity index (χ2n) is 5.74. The summed E-state index contributed by atoms with van der Waals surface area (Å²) < 4.78 is 40.7. The van der Waals surface area contributed by atoms with Gasteiger partial charge in [-0.2, -0.15) is 8.42 Å². The van der Waals surface area contributed by atoms with Crippen molar-refractivity contribution in [1.82, 2.24) is 19.5 Å². The third-order valence-electron chi connectivity index (χ3n) is 3.77. The SMILES string of the molecule is CS(=O)(=O)OCCn1c(Sc2cc3c(cc2Br)OCO3)nc2c(N)ncnc21. The minimum atomic E-state index is -3.56. The van der Waals surface area contributed by atoms with Crippen LogP contribution in [-0.2, 0) is 20.8 Å². The lowest BCUT2D eigenvalue weighted by Gasteiger charge is -2.09. The van der Waals surface area contributed by atoms with Crippen LogP contribution in [0.2, 0.25) is 0 Å². The molecule has 1 aliphatic rings. The van der Waals surface area contributed by atoms with Crippen molar-refractivity contribution < 1.29 is 22.1 Å². The average molecular weight is 488 g/mol. The standard InChI is InChI=1S/C15H14BrN5O5S2/c1-28(22,23)26-3-2-21-14-12(13(17)18-6-19-14)20-15(21)27-11-5-10-9(4-8(11)16)24-7-25-10/h4-6H,2-3,7H2,1H3,(H2,17,18,19). The molecule has 0 aliphatic carbocycles. The van der Waals surface area contributed by atoms with Gasteiger partial charge in [0.2, 0.25) is 6.79 Å². The fraction of sp³-hybridized carbons (Fsp3) is 0.267. The van der Waals surface area contributed by atoms with Crippen LogP contribution in [0.15, 0.2) is 33.0 Å². The molecular formula is C15H14BrN5O5S2. The summed E-state index contributed by atoms with van der Waals surface area (Å²) >= 11 is 4.86. The highest BCUT2D eigenvalue weighted by Gasteiger charge is 2.21. The molecule has 2 aromatic heterocycles. The second kappa shape index (κ2) is 7.39. The van der Waals surface area contributed by atoms with E-state index in [1.54, 1.807) is 4.57 Å². The van der Waals surface area contributed by atoms with Crippen molar-refractivity contribution in [3.63, 3.8) is 0 Å². The van der Waals surface area contributed by atoms with Crippen molar-refractivity contribution >= 4 is 54.8 Å². The Morgan fingerprint density at radius 1 is 1.32 bits per heavy atom. The van der Waals surface area contributed by atoms with Crippen molar-refractivity contribution in [2.24, 2.45) is 0 Å². The summed E-state index contributed by atoms with van der Waals surface area (Å²) in [6.45, 7) is 0.317. The molecule has 0 fully saturated rings. The maximum atomic E-state index is 11.3. The number of anilines is 1. The summed E-state index contributed by atoms with van der Waals surface area (Å²) in [6.07, 6.45) is 2.33. The smallest absolute Gasteiger partial charge is 0.264 e. The quantitative estimate of drug-likeness (QED) is 0.514. The van der Waals surface area contributed by atoms with E-state index in [1.165, 1.54) is 18.1 Å². The Bertz CT molecular complexity index is 1170. The lowest BCUT2D eigenvalue weighted by atomic mass is 10.3. The van der Waals surface area contributed by atoms with E-state index in [9.17, 15) is 8.42 Å². The van der Waals surface area contributed by atoms with Crippen molar-refractivity contribution in [2.45, 2.75) is 16.6 Å². The average Bonchev–Trinajstić information content (AvgIpc) is 3.20. The number of nitrogens with zero attached hydrogens (tertiary/aromatic N) is 4. The summed E-state index contributed by atoms with van der Waals surface area (Å²) in [6, 6.07) is 3.65. The first kappa shape index (κ1) is 19.2. The number of rotatable bonds is 6. The molecule has 2 N–H and O–H groups in total. The summed E-state index contributed by atoms with van der Waals surface area (Å²) in [5.41, 5.74) is 6.85. The number of hydrogen-bond acceptors (Lipinski definition) is 10. The van der Waals surface area contributed by atoms with Gasteiger partial charge in [-0.15, -0.1) is 0 Å². The Morgan fingerprint density at radius 3 is 2.82 bits per heavy atom. The summed E-state index contributed by atoms with van der Waals surface area (Å²) in [5, 5.41) is 0.555. The third-order valence-corrected chi connectivity index (χ3v) is 6.33. The highest BCUT2D eigenvalue weighted by atomic mass is 79.9. The van der Waals surface area contributed by atoms with E-state index in [0.29, 0.717) is 27.8 Å². The number of aromatic nitrogens is 4. The minimum absolute atomic E-state index is 0.0654. The van der Waals surface area contributed by atoms with E-state index in [-0.39, 0.29) is 25.8 Å². The number of imidazole rings is 1. The lowest BCUT2D eigenvalue weighted by molar-refractivity contribution is 0.174. The maximum Gasteiger partial charge on any atom is 0.264 e. The monoisotopic (exact) mass is 487 g/mol. The summed E-state index contributed by atoms with van der Waals surface area (Å²) in [4.78, 5) is 13.6. The molecule has 0 radical (unpaired) electrons. The summed E-state index contributed by atoms with van der Waals surface area (Å²) in [7, 11) is -3.56. The molecule has 28 heavy (non-hydrogen) atoms. The molecule has 1 aliphatic heterocycles. The first-order valence-electron chi connectivity index (χ1n) is 7.90. The van der Waals surface area contributed by atoms with Crippen LogP contribution in [0.3, 0.4) is 0 Å². The molecule has 0 saturated heterocycles. The Hall–Kier alpha value is -2.09. The van der Waals surface area contributed by atoms with Gasteiger partial charge in [0.05, 0.1) is 19.4 Å². The number of nitrogen functional groups attached to an aromatic ring is 1. The molecular weight excluding hydrogens is 474 g/mol. The normalized spacial score (nSPS) is 13.4. The van der Waals surface area contributed by atoms with Gasteiger partial charge in [0.15, 0.2) is 33.6 Å². The van der Waals surface area contributed by atoms with E-state index < -0.39 is 10.1 Å². The fourth-order valence-electron chi connectivity index (χ4n) is 2.57. The number of fused-ring (bicyclic) bond motifs is 2. The van der Waals surface area contributed by atoms with Gasteiger partial charge in [-0.3, -0.25) is 4.18 Å². The molecule has 148 valence electrons. The molecule has 0 bridgehead atoms. The molecule has 1 aromatic carbocycles. The van der Waals surface area contributed by atoms with Gasteiger partial charge in [-0.25, -0.2) is 15.0 Å². The molecule has 4 rings (SSSR count). The van der Waals surface area contributed by atoms with Crippen LogP contribution in [0.1, 0.15) is 0 Å². The maximum absolute atomic E-state index is 11.3. The molecule has 0 spiro atoms. The van der Waals surface area contributed by atoms with Crippen LogP contribution in [0.4, 0.5) is 5.82 Å². The lowest BCUT2D eigenvalue weighted by Crippen LogP contribution is -2.11. The van der Waals surface area contributed by atoms with Crippen LogP contribution in [0.5, 0.6) is 11.5 Å². The van der Waals surface area contributed by atoms with Crippen molar-refractivity contribution in [3.05, 3.63) is 22.9 Å². The Kier molecular flexibility index (Phi) is 5.07. The zero-order valence-corrected chi connectivity index (χ0v) is 17.7. The van der Waals surface area contributed by atoms with E-state index >= 15 is 0 Å². The zero-order valence-electron chi connectivity index (χ0n) is 14.5. The Morgan fingerprint density at radius 2 is 2.07 bits per heavy atom. The predicted molar refractivity (Wildman–Crippen MR) is 105 cm³/mol. The van der Waals surface area contributed by atoms with Gasteiger partial charge in [-0.1, -0.05) is 11.8 Å². The molecule has 0 unspecified atom stereocenters. The fourth-order valence-corrected chi connectivity index (χ4v) is 4.45. The van der Waals surface area contributed by atoms with Crippen LogP contribution >= 0.6 is 27.7 Å². The molecule has 3 aromatic rings. The first-order chi connectivity index (χ1) is 13.3. The summed E-state index contributed by atoms with van der Waals surface area (Å²) in [5.74, 6) is 1.52. The van der Waals surface area contributed by atoms with Crippen LogP contribution in [0.25, 0.3) is 11.2 Å². The van der Waals surface area contributed by atoms with E-state index in [4.69, 9.17) is 19.4 Å². The van der Waals surface area contributed by atoms with Gasteiger partial charge in [-0.05, 0) is 28.1 Å². The van der Waals surface area contributed by atoms with Crippen LogP contribution in [-0.4, -0.2) is 47.6 Å². The predicted octanol–water partition coefficient (Wildman–Crippen LogP) is 2.03. The van der Waals surface area contributed by atoms with Gasteiger partial charge in [0.25, 0.3) is 10.1 Å². The second-order valence-corrected chi connectivity index (χ2v) is 9.25. The third kappa shape index (κ3) is 3.87. The highest BCUT2D eigenvalue weighted by molar-refractivity contribution is 9.10. The zero-order chi connectivity index (χ0) is 19.9. The molecule has 0 saturated carbocycles. The molecule has 10 nitrogen and oxygen atoms in total. The van der Waals surface area contributed by atoms with Crippen molar-refractivity contribution in [2.75, 3.05) is 25.4 Å². The molecule has 0 amide bonds. The highest BCUT2D eigenvalue weighted by Crippen LogP contribution is 2.43. The van der Waals surface area contributed by atoms with Crippen LogP contribution in [0, 0.1) is 0 Å². The van der Waals surface area contributed by atoms with Gasteiger partial charge >= 0.3 is 0 Å². The van der Waals surface area contributed by atoms with Gasteiger partial charge in [0.1, 0.15) is 6.33 Å². The number of halogens is 1. The Balaban J connectivity index is 1.71. The number of hydrogen-bond donors (Lipinski definition) is 1. The molecule has 13 heteroatoms. The van der Waals surface area contributed by atoms with Gasteiger partial charge in [0, 0.05) is 9.37 Å². The van der Waals surface area contributed by atoms with Crippen molar-refractivity contribution in [3.8, 4) is 11.5 Å². The minimum Gasteiger partial charge on any atom is -0.454 e. The number of ether oxygens (including phenoxy) is 2. The number of benzene rings is 1. The van der Waals surface area contributed by atoms with Crippen LogP contribution < -0.4 is 15.2 Å². The van der Waals surface area contributed by atoms with E-state index in [2.05, 4.69) is 30.9 Å². The molecule has 0 atom stereocenters. The topological polar surface area (TPSA) is 131 Å². The van der Waals surface area contributed by atoms with Gasteiger partial charge < -0.3 is 19.8 Å². The van der Waals surface area contributed by atoms with Crippen molar-refractivity contribution in [1.29, 1.82) is 0 Å². The molecule has 3 heterocycles. The van der Waals surface area contributed by atoms with E-state index in [0.717, 1.165) is 15.6 Å². The number of nitrogens with two attached hydrogens (primary N) is 1. The van der Waals surface area contributed by atoms with E-state index in [1.807, 2.05) is 12.1 Å². The first-order valence-corrected chi connectivity index (χ1v) is 11.3.